The summed E-state index contributed by atoms with van der Waals surface area (Å²) in [5, 5.41) is 8.60. The van der Waals surface area contributed by atoms with E-state index in [1.165, 1.54) is 6.20 Å². The first-order valence-electron chi connectivity index (χ1n) is 4.36. The molecule has 1 saturated carbocycles. The van der Waals surface area contributed by atoms with Crippen LogP contribution in [0.4, 0.5) is 0 Å². The number of carboxylic acid groups (broad SMARTS) is 1. The molecular formula is C9H14N2O2. The van der Waals surface area contributed by atoms with Crippen molar-refractivity contribution < 1.29 is 9.90 Å². The van der Waals surface area contributed by atoms with Crippen LogP contribution >= 0.6 is 0 Å². The van der Waals surface area contributed by atoms with Gasteiger partial charge in [-0.25, -0.2) is 0 Å². The molecule has 4 nitrogen and oxygen atoms in total. The molecule has 1 unspecified atom stereocenters. The smallest absolute Gasteiger partial charge is 0.305 e. The molecule has 13 heavy (non-hydrogen) atoms. The SMILES string of the molecule is NC=CC=NC(CC(=O)O)C1CC1. The van der Waals surface area contributed by atoms with Crippen molar-refractivity contribution in [2.45, 2.75) is 25.3 Å². The molecule has 0 amide bonds. The van der Waals surface area contributed by atoms with Crippen LogP contribution in [0.2, 0.25) is 0 Å². The standard InChI is InChI=1S/C9H14N2O2/c10-4-1-5-11-8(6-9(12)13)7-2-3-7/h1,4-5,7-8H,2-3,6,10H2,(H,12,13). The van der Waals surface area contributed by atoms with Gasteiger partial charge in [0.05, 0.1) is 12.5 Å². The zero-order valence-electron chi connectivity index (χ0n) is 7.39. The minimum Gasteiger partial charge on any atom is -0.481 e. The van der Waals surface area contributed by atoms with Crippen LogP contribution in [-0.2, 0) is 4.79 Å². The van der Waals surface area contributed by atoms with Crippen LogP contribution in [0.3, 0.4) is 0 Å². The summed E-state index contributed by atoms with van der Waals surface area (Å²) in [6.07, 6.45) is 6.89. The summed E-state index contributed by atoms with van der Waals surface area (Å²) in [5.41, 5.74) is 5.12. The second-order valence-corrected chi connectivity index (χ2v) is 3.19. The molecule has 1 aliphatic carbocycles. The van der Waals surface area contributed by atoms with Crippen LogP contribution in [-0.4, -0.2) is 23.3 Å². The molecule has 0 bridgehead atoms. The van der Waals surface area contributed by atoms with Gasteiger partial charge in [-0.05, 0) is 31.0 Å². The van der Waals surface area contributed by atoms with Gasteiger partial charge in [0.15, 0.2) is 0 Å². The van der Waals surface area contributed by atoms with Crippen LogP contribution in [0.5, 0.6) is 0 Å². The van der Waals surface area contributed by atoms with Crippen molar-refractivity contribution in [3.05, 3.63) is 12.3 Å². The molecule has 1 rings (SSSR count). The molecule has 0 aromatic carbocycles. The van der Waals surface area contributed by atoms with Crippen LogP contribution in [0.1, 0.15) is 19.3 Å². The van der Waals surface area contributed by atoms with Crippen molar-refractivity contribution in [1.82, 2.24) is 0 Å². The summed E-state index contributed by atoms with van der Waals surface area (Å²) < 4.78 is 0. The molecule has 1 aliphatic rings. The number of rotatable bonds is 5. The second kappa shape index (κ2) is 4.64. The van der Waals surface area contributed by atoms with Gasteiger partial charge < -0.3 is 10.8 Å². The molecule has 0 aromatic rings. The highest BCUT2D eigenvalue weighted by atomic mass is 16.4. The van der Waals surface area contributed by atoms with Gasteiger partial charge in [-0.1, -0.05) is 0 Å². The number of hydrogen-bond acceptors (Lipinski definition) is 3. The van der Waals surface area contributed by atoms with Gasteiger partial charge in [-0.3, -0.25) is 9.79 Å². The molecule has 4 heteroatoms. The lowest BCUT2D eigenvalue weighted by atomic mass is 10.1. The third-order valence-corrected chi connectivity index (χ3v) is 2.02. The minimum absolute atomic E-state index is 0.0614. The molecule has 0 spiro atoms. The Labute approximate surface area is 77.2 Å². The van der Waals surface area contributed by atoms with E-state index in [1.807, 2.05) is 0 Å². The predicted molar refractivity (Wildman–Crippen MR) is 50.6 cm³/mol. The van der Waals surface area contributed by atoms with Crippen LogP contribution in [0.25, 0.3) is 0 Å². The summed E-state index contributed by atoms with van der Waals surface area (Å²) in [6.45, 7) is 0. The minimum atomic E-state index is -0.786. The summed E-state index contributed by atoms with van der Waals surface area (Å²) in [5.74, 6) is -0.315. The Balaban J connectivity index is 2.42. The molecule has 0 aromatic heterocycles. The summed E-state index contributed by atoms with van der Waals surface area (Å²) in [4.78, 5) is 14.6. The highest BCUT2D eigenvalue weighted by molar-refractivity contribution is 5.72. The van der Waals surface area contributed by atoms with E-state index in [0.717, 1.165) is 12.8 Å². The fraction of sp³-hybridized carbons (Fsp3) is 0.556. The van der Waals surface area contributed by atoms with E-state index in [4.69, 9.17) is 10.8 Å². The average molecular weight is 182 g/mol. The highest BCUT2D eigenvalue weighted by Crippen LogP contribution is 2.35. The van der Waals surface area contributed by atoms with Crippen molar-refractivity contribution in [2.24, 2.45) is 16.6 Å². The van der Waals surface area contributed by atoms with E-state index in [2.05, 4.69) is 4.99 Å². The molecule has 0 aliphatic heterocycles. The van der Waals surface area contributed by atoms with E-state index in [0.29, 0.717) is 5.92 Å². The van der Waals surface area contributed by atoms with Gasteiger partial charge in [0.2, 0.25) is 0 Å². The van der Waals surface area contributed by atoms with Gasteiger partial charge in [-0.2, -0.15) is 0 Å². The molecule has 0 saturated heterocycles. The molecule has 3 N–H and O–H groups in total. The van der Waals surface area contributed by atoms with Crippen molar-refractivity contribution in [1.29, 1.82) is 0 Å². The van der Waals surface area contributed by atoms with Crippen molar-refractivity contribution in [3.63, 3.8) is 0 Å². The van der Waals surface area contributed by atoms with Crippen molar-refractivity contribution >= 4 is 12.2 Å². The Hall–Kier alpha value is -1.32. The fourth-order valence-electron chi connectivity index (χ4n) is 1.21. The molecular weight excluding hydrogens is 168 g/mol. The highest BCUT2D eigenvalue weighted by Gasteiger charge is 2.31. The van der Waals surface area contributed by atoms with E-state index in [1.54, 1.807) is 12.3 Å². The number of allylic oxidation sites excluding steroid dienone is 1. The third kappa shape index (κ3) is 3.73. The lowest BCUT2D eigenvalue weighted by Crippen LogP contribution is -2.13. The Morgan fingerprint density at radius 3 is 2.85 bits per heavy atom. The number of hydrogen-bond donors (Lipinski definition) is 2. The molecule has 1 fully saturated rings. The largest absolute Gasteiger partial charge is 0.481 e. The van der Waals surface area contributed by atoms with E-state index in [-0.39, 0.29) is 12.5 Å². The Kier molecular flexibility index (Phi) is 3.49. The average Bonchev–Trinajstić information content (AvgIpc) is 2.84. The summed E-state index contributed by atoms with van der Waals surface area (Å²) >= 11 is 0. The summed E-state index contributed by atoms with van der Waals surface area (Å²) in [7, 11) is 0. The lowest BCUT2D eigenvalue weighted by Gasteiger charge is -2.06. The van der Waals surface area contributed by atoms with Gasteiger partial charge in [0, 0.05) is 6.21 Å². The predicted octanol–water partition coefficient (Wildman–Crippen LogP) is 0.783. The fourth-order valence-corrected chi connectivity index (χ4v) is 1.21. The molecule has 0 radical (unpaired) electrons. The zero-order chi connectivity index (χ0) is 9.68. The zero-order valence-corrected chi connectivity index (χ0v) is 7.39. The van der Waals surface area contributed by atoms with Gasteiger partial charge in [0.25, 0.3) is 0 Å². The van der Waals surface area contributed by atoms with E-state index >= 15 is 0 Å². The van der Waals surface area contributed by atoms with Gasteiger partial charge in [-0.15, -0.1) is 0 Å². The number of nitrogens with zero attached hydrogens (tertiary/aromatic N) is 1. The Morgan fingerprint density at radius 2 is 2.38 bits per heavy atom. The van der Waals surface area contributed by atoms with Gasteiger partial charge >= 0.3 is 5.97 Å². The number of aliphatic imine (C=N–C) groups is 1. The third-order valence-electron chi connectivity index (χ3n) is 2.02. The van der Waals surface area contributed by atoms with Crippen LogP contribution in [0.15, 0.2) is 17.3 Å². The molecule has 1 atom stereocenters. The summed E-state index contributed by atoms with van der Waals surface area (Å²) in [6, 6.07) is -0.0614. The van der Waals surface area contributed by atoms with E-state index in [9.17, 15) is 4.79 Å². The topological polar surface area (TPSA) is 75.7 Å². The van der Waals surface area contributed by atoms with Crippen LogP contribution in [0, 0.1) is 5.92 Å². The van der Waals surface area contributed by atoms with E-state index < -0.39 is 5.97 Å². The van der Waals surface area contributed by atoms with Crippen molar-refractivity contribution in [2.75, 3.05) is 0 Å². The molecule has 72 valence electrons. The molecule has 0 heterocycles. The monoisotopic (exact) mass is 182 g/mol. The first-order valence-corrected chi connectivity index (χ1v) is 4.36. The first kappa shape index (κ1) is 9.77. The maximum Gasteiger partial charge on any atom is 0.305 e. The normalized spacial score (nSPS) is 19.7. The maximum atomic E-state index is 10.5. The lowest BCUT2D eigenvalue weighted by molar-refractivity contribution is -0.137. The Morgan fingerprint density at radius 1 is 1.69 bits per heavy atom. The van der Waals surface area contributed by atoms with Gasteiger partial charge in [0.1, 0.15) is 0 Å². The Bertz CT molecular complexity index is 232. The number of carbonyl (C=O) groups is 1. The number of aliphatic carboxylic acids is 1. The van der Waals surface area contributed by atoms with Crippen molar-refractivity contribution in [3.8, 4) is 0 Å². The van der Waals surface area contributed by atoms with Crippen LogP contribution < -0.4 is 5.73 Å². The number of carboxylic acids is 1. The first-order chi connectivity index (χ1) is 6.24. The maximum absolute atomic E-state index is 10.5. The number of nitrogens with two attached hydrogens (primary N) is 1. The second-order valence-electron chi connectivity index (χ2n) is 3.19. The quantitative estimate of drug-likeness (QED) is 0.617.